The van der Waals surface area contributed by atoms with Gasteiger partial charge in [0.05, 0.1) is 23.4 Å². The van der Waals surface area contributed by atoms with Crippen LogP contribution in [0.2, 0.25) is 0 Å². The van der Waals surface area contributed by atoms with Gasteiger partial charge in [-0.05, 0) is 18.2 Å². The zero-order valence-corrected chi connectivity index (χ0v) is 15.9. The number of hydrogen-bond donors (Lipinski definition) is 1. The molecule has 6 heteroatoms. The van der Waals surface area contributed by atoms with E-state index in [4.69, 9.17) is 9.97 Å². The highest BCUT2D eigenvalue weighted by Gasteiger charge is 2.36. The molecule has 5 aromatic rings. The summed E-state index contributed by atoms with van der Waals surface area (Å²) in [6.45, 7) is 0. The fourth-order valence-electron chi connectivity index (χ4n) is 3.77. The number of benzene rings is 2. The smallest absolute Gasteiger partial charge is 0.261 e. The number of quaternary nitrogens is 1. The molecule has 4 heterocycles. The highest BCUT2D eigenvalue weighted by molar-refractivity contribution is 5.90. The molecule has 0 saturated carbocycles. The van der Waals surface area contributed by atoms with Gasteiger partial charge >= 0.3 is 0 Å². The van der Waals surface area contributed by atoms with Crippen LogP contribution >= 0.6 is 0 Å². The van der Waals surface area contributed by atoms with Gasteiger partial charge < -0.3 is 4.98 Å². The number of rotatable bonds is 3. The van der Waals surface area contributed by atoms with Crippen molar-refractivity contribution in [2.75, 3.05) is 0 Å². The lowest BCUT2D eigenvalue weighted by atomic mass is 10.2. The number of fused-ring (bicyclic) bond motifs is 2. The maximum absolute atomic E-state index is 4.86. The van der Waals surface area contributed by atoms with E-state index in [1.165, 1.54) is 0 Å². The molecule has 0 amide bonds. The molecule has 30 heavy (non-hydrogen) atoms. The Labute approximate surface area is 172 Å². The average molecular weight is 388 g/mol. The molecule has 141 valence electrons. The molecule has 1 unspecified atom stereocenters. The number of H-pyrrole nitrogens is 1. The number of nitrogens with one attached hydrogen (secondary N) is 1. The monoisotopic (exact) mass is 388 g/mol. The largest absolute Gasteiger partial charge is 0.338 e. The average Bonchev–Trinajstić information content (AvgIpc) is 3.49. The van der Waals surface area contributed by atoms with Gasteiger partial charge in [-0.15, -0.1) is 0 Å². The van der Waals surface area contributed by atoms with Crippen molar-refractivity contribution in [3.8, 4) is 11.5 Å². The molecular formula is C24H16N6+. The lowest BCUT2D eigenvalue weighted by Gasteiger charge is -2.23. The molecule has 0 spiro atoms. The number of hydrogen-bond acceptors (Lipinski definition) is 4. The summed E-state index contributed by atoms with van der Waals surface area (Å²) in [4.78, 5) is 21.7. The molecule has 1 radical (unpaired) electrons. The standard InChI is InChI=1S/C24H16N6/c1-4-8-21-17(5-1)9-10-22(28-21)24-27-15-23(29-24)30(12-11-25-16-30)19-13-18-6-2-3-7-20(18)26-14-19/h1-10,12-16H,(H,27,29)/q+1. The van der Waals surface area contributed by atoms with Gasteiger partial charge in [-0.1, -0.05) is 42.5 Å². The van der Waals surface area contributed by atoms with E-state index in [2.05, 4.69) is 39.4 Å². The first-order valence-electron chi connectivity index (χ1n) is 9.62. The Morgan fingerprint density at radius 1 is 0.833 bits per heavy atom. The first-order chi connectivity index (χ1) is 14.8. The number of aromatic nitrogens is 4. The van der Waals surface area contributed by atoms with Crippen molar-refractivity contribution >= 4 is 39.6 Å². The van der Waals surface area contributed by atoms with Crippen LogP contribution < -0.4 is 4.48 Å². The van der Waals surface area contributed by atoms with Crippen LogP contribution in [0.1, 0.15) is 0 Å². The molecule has 6 rings (SSSR count). The van der Waals surface area contributed by atoms with Crippen LogP contribution in [-0.2, 0) is 0 Å². The van der Waals surface area contributed by atoms with Crippen LogP contribution in [0.4, 0.5) is 11.5 Å². The maximum atomic E-state index is 4.86. The lowest BCUT2D eigenvalue weighted by molar-refractivity contribution is 0.743. The van der Waals surface area contributed by atoms with E-state index >= 15 is 0 Å². The summed E-state index contributed by atoms with van der Waals surface area (Å²) in [7, 11) is 0. The van der Waals surface area contributed by atoms with Gasteiger partial charge in [-0.3, -0.25) is 0 Å². The van der Waals surface area contributed by atoms with Gasteiger partial charge in [0.25, 0.3) is 5.82 Å². The molecule has 0 saturated heterocycles. The number of aliphatic imine (C=N–C) groups is 1. The number of para-hydroxylation sites is 2. The highest BCUT2D eigenvalue weighted by atomic mass is 15.4. The van der Waals surface area contributed by atoms with Crippen LogP contribution in [0.5, 0.6) is 0 Å². The van der Waals surface area contributed by atoms with Crippen LogP contribution in [-0.4, -0.2) is 26.3 Å². The summed E-state index contributed by atoms with van der Waals surface area (Å²) in [5.41, 5.74) is 3.61. The van der Waals surface area contributed by atoms with E-state index in [0.717, 1.165) is 39.0 Å². The normalized spacial score (nSPS) is 17.9. The van der Waals surface area contributed by atoms with Gasteiger partial charge in [-0.25, -0.2) is 9.97 Å². The second kappa shape index (κ2) is 6.43. The second-order valence-electron chi connectivity index (χ2n) is 7.16. The molecule has 1 aliphatic rings. The van der Waals surface area contributed by atoms with Gasteiger partial charge in [0.1, 0.15) is 11.9 Å². The fourth-order valence-corrected chi connectivity index (χ4v) is 3.77. The molecule has 1 N–H and O–H groups in total. The summed E-state index contributed by atoms with van der Waals surface area (Å²) in [6, 6.07) is 22.2. The van der Waals surface area contributed by atoms with E-state index in [1.807, 2.05) is 67.1 Å². The predicted molar refractivity (Wildman–Crippen MR) is 119 cm³/mol. The third-order valence-corrected chi connectivity index (χ3v) is 5.36. The lowest BCUT2D eigenvalue weighted by Crippen LogP contribution is -2.35. The van der Waals surface area contributed by atoms with E-state index in [-0.39, 0.29) is 4.48 Å². The number of nitrogens with zero attached hydrogens (tertiary/aromatic N) is 5. The minimum Gasteiger partial charge on any atom is -0.338 e. The Morgan fingerprint density at radius 2 is 1.67 bits per heavy atom. The summed E-state index contributed by atoms with van der Waals surface area (Å²) in [6.07, 6.45) is 10.4. The number of pyridine rings is 2. The molecule has 0 bridgehead atoms. The summed E-state index contributed by atoms with van der Waals surface area (Å²) in [5.74, 6) is 1.47. The molecule has 1 aliphatic heterocycles. The minimum absolute atomic E-state index is 0.210. The fraction of sp³-hybridized carbons (Fsp3) is 0. The first kappa shape index (κ1) is 16.8. The Kier molecular flexibility index (Phi) is 3.60. The summed E-state index contributed by atoms with van der Waals surface area (Å²) in [5, 5.41) is 2.16. The number of imidazole rings is 1. The Bertz CT molecular complexity index is 1450. The third kappa shape index (κ3) is 2.55. The van der Waals surface area contributed by atoms with Crippen LogP contribution in [0.25, 0.3) is 33.3 Å². The van der Waals surface area contributed by atoms with Crippen molar-refractivity contribution in [2.45, 2.75) is 0 Å². The van der Waals surface area contributed by atoms with Crippen molar-refractivity contribution in [1.29, 1.82) is 0 Å². The summed E-state index contributed by atoms with van der Waals surface area (Å²) < 4.78 is 0.210. The van der Waals surface area contributed by atoms with Crippen LogP contribution in [0, 0.1) is 6.20 Å². The topological polar surface area (TPSA) is 66.8 Å². The molecule has 0 aliphatic carbocycles. The molecule has 2 aromatic carbocycles. The first-order valence-corrected chi connectivity index (χ1v) is 9.62. The molecule has 1 atom stereocenters. The van der Waals surface area contributed by atoms with E-state index in [1.54, 1.807) is 6.34 Å². The summed E-state index contributed by atoms with van der Waals surface area (Å²) >= 11 is 0. The quantitative estimate of drug-likeness (QED) is 0.436. The van der Waals surface area contributed by atoms with E-state index in [0.29, 0.717) is 5.82 Å². The molecule has 0 fully saturated rings. The van der Waals surface area contributed by atoms with Crippen molar-refractivity contribution in [3.05, 3.63) is 91.5 Å². The zero-order chi connectivity index (χ0) is 20.0. The predicted octanol–water partition coefficient (Wildman–Crippen LogP) is 5.13. The van der Waals surface area contributed by atoms with Gasteiger partial charge in [0.15, 0.2) is 17.7 Å². The Hall–Kier alpha value is -4.16. The SMILES string of the molecule is [C]1=C[N+](c2cnc3ccccc3c2)(c2c[nH]c(-c3ccc4ccccc4n3)n2)C=N1. The third-order valence-electron chi connectivity index (χ3n) is 5.36. The molecule has 3 aromatic heterocycles. The van der Waals surface area contributed by atoms with Crippen molar-refractivity contribution in [3.63, 3.8) is 0 Å². The zero-order valence-electron chi connectivity index (χ0n) is 15.9. The maximum Gasteiger partial charge on any atom is 0.261 e. The minimum atomic E-state index is 0.210. The van der Waals surface area contributed by atoms with Crippen molar-refractivity contribution < 1.29 is 0 Å². The van der Waals surface area contributed by atoms with Crippen molar-refractivity contribution in [2.24, 2.45) is 4.99 Å². The molecule has 6 nitrogen and oxygen atoms in total. The van der Waals surface area contributed by atoms with Crippen LogP contribution in [0.3, 0.4) is 0 Å². The Morgan fingerprint density at radius 3 is 2.53 bits per heavy atom. The Balaban J connectivity index is 1.46. The van der Waals surface area contributed by atoms with Crippen LogP contribution in [0.15, 0.2) is 90.3 Å². The highest BCUT2D eigenvalue weighted by Crippen LogP contribution is 2.36. The molecular weight excluding hydrogens is 372 g/mol. The van der Waals surface area contributed by atoms with Gasteiger partial charge in [0, 0.05) is 16.8 Å². The number of aromatic amines is 1. The van der Waals surface area contributed by atoms with Crippen molar-refractivity contribution in [1.82, 2.24) is 24.4 Å². The van der Waals surface area contributed by atoms with Gasteiger partial charge in [0.2, 0.25) is 6.34 Å². The second-order valence-corrected chi connectivity index (χ2v) is 7.16. The van der Waals surface area contributed by atoms with E-state index < -0.39 is 0 Å². The van der Waals surface area contributed by atoms with E-state index in [9.17, 15) is 0 Å². The van der Waals surface area contributed by atoms with Gasteiger partial charge in [-0.2, -0.15) is 14.5 Å².